The highest BCUT2D eigenvalue weighted by atomic mass is 32.2. The Balaban J connectivity index is 1.59. The van der Waals surface area contributed by atoms with Crippen molar-refractivity contribution in [1.82, 2.24) is 9.97 Å². The lowest BCUT2D eigenvalue weighted by Crippen LogP contribution is -2.46. The molecule has 0 N–H and O–H groups in total. The van der Waals surface area contributed by atoms with Gasteiger partial charge in [0.05, 0.1) is 17.9 Å². The van der Waals surface area contributed by atoms with E-state index in [4.69, 9.17) is 14.7 Å². The minimum atomic E-state index is 0.242. The van der Waals surface area contributed by atoms with Crippen LogP contribution >= 0.6 is 11.8 Å². The monoisotopic (exact) mass is 383 g/mol. The van der Waals surface area contributed by atoms with E-state index in [9.17, 15) is 0 Å². The van der Waals surface area contributed by atoms with Crippen LogP contribution in [0.2, 0.25) is 0 Å². The molecule has 2 unspecified atom stereocenters. The van der Waals surface area contributed by atoms with Crippen molar-refractivity contribution in [2.24, 2.45) is 0 Å². The van der Waals surface area contributed by atoms with Crippen molar-refractivity contribution in [3.63, 3.8) is 0 Å². The van der Waals surface area contributed by atoms with Gasteiger partial charge in [0.2, 0.25) is 0 Å². The Labute approximate surface area is 166 Å². The molecule has 1 aliphatic heterocycles. The van der Waals surface area contributed by atoms with Gasteiger partial charge in [0.1, 0.15) is 5.82 Å². The quantitative estimate of drug-likeness (QED) is 0.571. The fourth-order valence-electron chi connectivity index (χ4n) is 4.06. The van der Waals surface area contributed by atoms with Crippen LogP contribution in [-0.2, 0) is 23.3 Å². The maximum absolute atomic E-state index is 5.94. The van der Waals surface area contributed by atoms with Gasteiger partial charge < -0.3 is 9.64 Å². The molecule has 1 saturated heterocycles. The van der Waals surface area contributed by atoms with E-state index in [1.54, 1.807) is 11.8 Å². The Morgan fingerprint density at radius 3 is 2.48 bits per heavy atom. The third-order valence-electron chi connectivity index (χ3n) is 5.35. The van der Waals surface area contributed by atoms with Crippen molar-refractivity contribution in [3.8, 4) is 0 Å². The lowest BCUT2D eigenvalue weighted by atomic mass is 9.96. The van der Waals surface area contributed by atoms with Crippen molar-refractivity contribution in [3.05, 3.63) is 46.6 Å². The van der Waals surface area contributed by atoms with Gasteiger partial charge in [-0.15, -0.1) is 0 Å². The maximum Gasteiger partial charge on any atom is 0.190 e. The molecule has 0 bridgehead atoms. The summed E-state index contributed by atoms with van der Waals surface area (Å²) in [6.45, 7) is 8.26. The molecule has 1 aromatic carbocycles. The molecule has 1 aliphatic carbocycles. The standard InChI is InChI=1S/C22H29N3OS/c1-15-8-10-18(11-9-15)14-27-22-23-20-7-5-4-6-19(20)21(24-22)25-12-16(2)26-17(3)13-25/h8-11,16-17H,4-7,12-14H2,1-3H3. The molecule has 2 atom stereocenters. The molecule has 5 heteroatoms. The number of hydrogen-bond donors (Lipinski definition) is 0. The number of anilines is 1. The molecule has 1 fully saturated rings. The molecule has 2 aliphatic rings. The Morgan fingerprint density at radius 2 is 1.74 bits per heavy atom. The fourth-order valence-corrected chi connectivity index (χ4v) is 4.88. The third-order valence-corrected chi connectivity index (χ3v) is 6.27. The first-order valence-corrected chi connectivity index (χ1v) is 11.1. The largest absolute Gasteiger partial charge is 0.372 e. The number of ether oxygens (including phenoxy) is 1. The summed E-state index contributed by atoms with van der Waals surface area (Å²) in [5.74, 6) is 2.07. The lowest BCUT2D eigenvalue weighted by Gasteiger charge is -2.37. The SMILES string of the molecule is Cc1ccc(CSc2nc3c(c(N4CC(C)OC(C)C4)n2)CCCC3)cc1. The fraction of sp³-hybridized carbons (Fsp3) is 0.545. The molecule has 4 rings (SSSR count). The highest BCUT2D eigenvalue weighted by Crippen LogP contribution is 2.32. The van der Waals surface area contributed by atoms with Crippen LogP contribution in [0.25, 0.3) is 0 Å². The van der Waals surface area contributed by atoms with E-state index < -0.39 is 0 Å². The number of hydrogen-bond acceptors (Lipinski definition) is 5. The third kappa shape index (κ3) is 4.46. The van der Waals surface area contributed by atoms with Crippen molar-refractivity contribution in [2.75, 3.05) is 18.0 Å². The van der Waals surface area contributed by atoms with Crippen molar-refractivity contribution >= 4 is 17.6 Å². The van der Waals surface area contributed by atoms with E-state index in [-0.39, 0.29) is 12.2 Å². The zero-order chi connectivity index (χ0) is 18.8. The van der Waals surface area contributed by atoms with E-state index in [2.05, 4.69) is 49.9 Å². The van der Waals surface area contributed by atoms with Crippen LogP contribution in [0.5, 0.6) is 0 Å². The van der Waals surface area contributed by atoms with E-state index >= 15 is 0 Å². The normalized spacial score (nSPS) is 22.6. The Kier molecular flexibility index (Phi) is 5.69. The second-order valence-electron chi connectivity index (χ2n) is 7.90. The molecular weight excluding hydrogens is 354 g/mol. The van der Waals surface area contributed by atoms with Gasteiger partial charge >= 0.3 is 0 Å². The molecule has 0 spiro atoms. The van der Waals surface area contributed by atoms with Gasteiger partial charge in [-0.3, -0.25) is 0 Å². The smallest absolute Gasteiger partial charge is 0.190 e. The van der Waals surface area contributed by atoms with Gasteiger partial charge in [0.15, 0.2) is 5.16 Å². The highest BCUT2D eigenvalue weighted by molar-refractivity contribution is 7.98. The minimum Gasteiger partial charge on any atom is -0.372 e. The van der Waals surface area contributed by atoms with Gasteiger partial charge in [-0.25, -0.2) is 9.97 Å². The van der Waals surface area contributed by atoms with Crippen LogP contribution < -0.4 is 4.90 Å². The molecule has 2 heterocycles. The predicted octanol–water partition coefficient (Wildman–Crippen LogP) is 4.57. The topological polar surface area (TPSA) is 38.2 Å². The number of thioether (sulfide) groups is 1. The van der Waals surface area contributed by atoms with E-state index in [1.807, 2.05) is 0 Å². The number of aromatic nitrogens is 2. The predicted molar refractivity (Wildman–Crippen MR) is 112 cm³/mol. The number of morpholine rings is 1. The lowest BCUT2D eigenvalue weighted by molar-refractivity contribution is -0.00556. The average Bonchev–Trinajstić information content (AvgIpc) is 2.66. The van der Waals surface area contributed by atoms with Crippen LogP contribution in [0, 0.1) is 6.92 Å². The van der Waals surface area contributed by atoms with Crippen LogP contribution in [0.15, 0.2) is 29.4 Å². The van der Waals surface area contributed by atoms with Crippen LogP contribution in [0.4, 0.5) is 5.82 Å². The molecular formula is C22H29N3OS. The molecule has 1 aromatic heterocycles. The van der Waals surface area contributed by atoms with Gasteiger partial charge in [-0.05, 0) is 52.0 Å². The first-order chi connectivity index (χ1) is 13.1. The Hall–Kier alpha value is -1.59. The second-order valence-corrected chi connectivity index (χ2v) is 8.84. The van der Waals surface area contributed by atoms with Gasteiger partial charge in [-0.1, -0.05) is 41.6 Å². The number of aryl methyl sites for hydroxylation is 2. The summed E-state index contributed by atoms with van der Waals surface area (Å²) in [7, 11) is 0. The van der Waals surface area contributed by atoms with Crippen LogP contribution in [0.3, 0.4) is 0 Å². The summed E-state index contributed by atoms with van der Waals surface area (Å²) < 4.78 is 5.94. The minimum absolute atomic E-state index is 0.242. The number of nitrogens with zero attached hydrogens (tertiary/aromatic N) is 3. The first-order valence-electron chi connectivity index (χ1n) is 10.1. The molecule has 4 nitrogen and oxygen atoms in total. The van der Waals surface area contributed by atoms with Crippen LogP contribution in [0.1, 0.15) is 49.1 Å². The van der Waals surface area contributed by atoms with E-state index in [1.165, 1.54) is 35.2 Å². The van der Waals surface area contributed by atoms with E-state index in [0.717, 1.165) is 42.7 Å². The van der Waals surface area contributed by atoms with Gasteiger partial charge in [-0.2, -0.15) is 0 Å². The van der Waals surface area contributed by atoms with E-state index in [0.29, 0.717) is 0 Å². The summed E-state index contributed by atoms with van der Waals surface area (Å²) in [6.07, 6.45) is 5.15. The summed E-state index contributed by atoms with van der Waals surface area (Å²) >= 11 is 1.75. The maximum atomic E-state index is 5.94. The van der Waals surface area contributed by atoms with Crippen molar-refractivity contribution in [1.29, 1.82) is 0 Å². The van der Waals surface area contributed by atoms with Crippen molar-refractivity contribution in [2.45, 2.75) is 69.6 Å². The molecule has 0 radical (unpaired) electrons. The summed E-state index contributed by atoms with van der Waals surface area (Å²) in [6, 6.07) is 8.75. The number of fused-ring (bicyclic) bond motifs is 1. The first kappa shape index (κ1) is 18.8. The Morgan fingerprint density at radius 1 is 1.04 bits per heavy atom. The molecule has 0 saturated carbocycles. The van der Waals surface area contributed by atoms with Crippen LogP contribution in [-0.4, -0.2) is 35.3 Å². The average molecular weight is 384 g/mol. The molecule has 0 amide bonds. The highest BCUT2D eigenvalue weighted by Gasteiger charge is 2.28. The molecule has 27 heavy (non-hydrogen) atoms. The Bertz CT molecular complexity index is 783. The number of benzene rings is 1. The summed E-state index contributed by atoms with van der Waals surface area (Å²) in [4.78, 5) is 12.4. The second kappa shape index (κ2) is 8.19. The zero-order valence-corrected chi connectivity index (χ0v) is 17.4. The molecule has 2 aromatic rings. The zero-order valence-electron chi connectivity index (χ0n) is 16.6. The summed E-state index contributed by atoms with van der Waals surface area (Å²) in [5, 5.41) is 0.915. The summed E-state index contributed by atoms with van der Waals surface area (Å²) in [5.41, 5.74) is 5.26. The molecule has 144 valence electrons. The van der Waals surface area contributed by atoms with Crippen molar-refractivity contribution < 1.29 is 4.74 Å². The van der Waals surface area contributed by atoms with Gasteiger partial charge in [0.25, 0.3) is 0 Å². The van der Waals surface area contributed by atoms with Gasteiger partial charge in [0, 0.05) is 24.4 Å². The number of rotatable bonds is 4.